The van der Waals surface area contributed by atoms with Crippen LogP contribution in [0.2, 0.25) is 10.0 Å². The zero-order chi connectivity index (χ0) is 31.0. The predicted molar refractivity (Wildman–Crippen MR) is 144 cm³/mol. The summed E-state index contributed by atoms with van der Waals surface area (Å²) < 4.78 is 47.4. The summed E-state index contributed by atoms with van der Waals surface area (Å²) in [7, 11) is 0. The smallest absolute Gasteiger partial charge is 0.439 e. The van der Waals surface area contributed by atoms with E-state index in [9.17, 15) is 38.2 Å². The SMILES string of the molecule is Nc1cc(Oc2ccc([N+](=O)[O-])cn2)ccc1Cl.O=C(Nc1cc(Oc2ccc([N+](=O)[O-])cn2)ccc1Cl)C(F)(F)F. The fourth-order valence-electron chi connectivity index (χ4n) is 2.77. The molecule has 0 bridgehead atoms. The maximum Gasteiger partial charge on any atom is 0.471 e. The summed E-state index contributed by atoms with van der Waals surface area (Å²) in [6, 6.07) is 13.4. The maximum absolute atomic E-state index is 12.3. The second kappa shape index (κ2) is 13.4. The van der Waals surface area contributed by atoms with E-state index >= 15 is 0 Å². The van der Waals surface area contributed by atoms with Crippen molar-refractivity contribution in [3.05, 3.63) is 103 Å². The molecule has 1 amide bonds. The molecule has 2 aromatic carbocycles. The summed E-state index contributed by atoms with van der Waals surface area (Å²) in [6.45, 7) is 0. The molecule has 42 heavy (non-hydrogen) atoms. The summed E-state index contributed by atoms with van der Waals surface area (Å²) in [5.41, 5.74) is 5.34. The quantitative estimate of drug-likeness (QED) is 0.123. The van der Waals surface area contributed by atoms with Gasteiger partial charge in [-0.05, 0) is 24.3 Å². The number of carbonyl (C=O) groups is 1. The highest BCUT2D eigenvalue weighted by Crippen LogP contribution is 2.31. The molecule has 0 radical (unpaired) electrons. The van der Waals surface area contributed by atoms with Gasteiger partial charge in [-0.1, -0.05) is 23.2 Å². The normalized spacial score (nSPS) is 10.6. The highest BCUT2D eigenvalue weighted by Gasteiger charge is 2.39. The van der Waals surface area contributed by atoms with Gasteiger partial charge in [-0.3, -0.25) is 25.0 Å². The molecular formula is C24H15Cl2F3N6O7. The summed E-state index contributed by atoms with van der Waals surface area (Å²) >= 11 is 11.5. The highest BCUT2D eigenvalue weighted by atomic mass is 35.5. The van der Waals surface area contributed by atoms with Gasteiger partial charge in [-0.15, -0.1) is 0 Å². The summed E-state index contributed by atoms with van der Waals surface area (Å²) in [6.07, 6.45) is -2.99. The van der Waals surface area contributed by atoms with Crippen LogP contribution in [-0.4, -0.2) is 31.9 Å². The molecule has 4 rings (SSSR count). The minimum atomic E-state index is -5.07. The topological polar surface area (TPSA) is 186 Å². The van der Waals surface area contributed by atoms with Gasteiger partial charge in [0.15, 0.2) is 0 Å². The number of pyridine rings is 2. The minimum Gasteiger partial charge on any atom is -0.439 e. The van der Waals surface area contributed by atoms with Gasteiger partial charge >= 0.3 is 12.1 Å². The molecule has 0 saturated heterocycles. The van der Waals surface area contributed by atoms with Gasteiger partial charge < -0.3 is 20.5 Å². The second-order valence-corrected chi connectivity index (χ2v) is 8.52. The largest absolute Gasteiger partial charge is 0.471 e. The Hall–Kier alpha value is -5.22. The Morgan fingerprint density at radius 1 is 0.810 bits per heavy atom. The number of hydrogen-bond acceptors (Lipinski definition) is 10. The minimum absolute atomic E-state index is 0.0261. The van der Waals surface area contributed by atoms with Crippen LogP contribution in [-0.2, 0) is 4.79 Å². The van der Waals surface area contributed by atoms with Crippen LogP contribution in [0.25, 0.3) is 0 Å². The molecule has 0 unspecified atom stereocenters. The Bertz CT molecular complexity index is 1610. The first-order valence-corrected chi connectivity index (χ1v) is 11.8. The van der Waals surface area contributed by atoms with Gasteiger partial charge in [-0.2, -0.15) is 13.2 Å². The van der Waals surface area contributed by atoms with E-state index in [0.29, 0.717) is 16.5 Å². The Kier molecular flexibility index (Phi) is 10.0. The van der Waals surface area contributed by atoms with Crippen LogP contribution in [0.15, 0.2) is 73.1 Å². The summed E-state index contributed by atoms with van der Waals surface area (Å²) in [5.74, 6) is -1.50. The first-order valence-electron chi connectivity index (χ1n) is 11.0. The van der Waals surface area contributed by atoms with Gasteiger partial charge in [0.2, 0.25) is 11.8 Å². The third-order valence-corrected chi connectivity index (χ3v) is 5.39. The highest BCUT2D eigenvalue weighted by molar-refractivity contribution is 6.34. The van der Waals surface area contributed by atoms with Gasteiger partial charge in [0.25, 0.3) is 11.4 Å². The lowest BCUT2D eigenvalue weighted by molar-refractivity contribution is -0.385. The number of nitrogens with two attached hydrogens (primary N) is 1. The molecule has 0 fully saturated rings. The number of hydrogen-bond donors (Lipinski definition) is 2. The number of nitrogen functional groups attached to an aromatic ring is 1. The van der Waals surface area contributed by atoms with Gasteiger partial charge in [0.1, 0.15) is 23.9 Å². The Morgan fingerprint density at radius 2 is 1.29 bits per heavy atom. The molecule has 218 valence electrons. The fourth-order valence-corrected chi connectivity index (χ4v) is 3.05. The van der Waals surface area contributed by atoms with E-state index < -0.39 is 21.9 Å². The van der Waals surface area contributed by atoms with Crippen molar-refractivity contribution in [3.63, 3.8) is 0 Å². The molecule has 0 saturated carbocycles. The molecular weight excluding hydrogens is 612 g/mol. The third-order valence-electron chi connectivity index (χ3n) is 4.72. The van der Waals surface area contributed by atoms with Crippen molar-refractivity contribution in [2.45, 2.75) is 6.18 Å². The zero-order valence-electron chi connectivity index (χ0n) is 20.5. The summed E-state index contributed by atoms with van der Waals surface area (Å²) in [4.78, 5) is 38.2. The van der Waals surface area contributed by atoms with Crippen LogP contribution in [0.1, 0.15) is 0 Å². The molecule has 2 aromatic heterocycles. The van der Waals surface area contributed by atoms with Crippen molar-refractivity contribution >= 4 is 51.9 Å². The van der Waals surface area contributed by atoms with Crippen LogP contribution in [0.5, 0.6) is 23.3 Å². The van der Waals surface area contributed by atoms with Gasteiger partial charge in [0, 0.05) is 36.4 Å². The Morgan fingerprint density at radius 3 is 1.69 bits per heavy atom. The number of nitro groups is 2. The van der Waals surface area contributed by atoms with E-state index in [4.69, 9.17) is 38.4 Å². The lowest BCUT2D eigenvalue weighted by Crippen LogP contribution is -2.30. The lowest BCUT2D eigenvalue weighted by atomic mass is 10.3. The number of aromatic nitrogens is 2. The molecule has 4 aromatic rings. The van der Waals surface area contributed by atoms with E-state index in [-0.39, 0.29) is 39.6 Å². The number of nitrogens with one attached hydrogen (secondary N) is 1. The predicted octanol–water partition coefficient (Wildman–Crippen LogP) is 6.95. The fraction of sp³-hybridized carbons (Fsp3) is 0.0417. The van der Waals surface area contributed by atoms with Crippen LogP contribution >= 0.6 is 23.2 Å². The standard InChI is InChI=1S/C13H7ClF3N3O4.C11H8ClN3O3/c14-9-3-2-8(5-10(9)19-12(21)13(15,16)17)24-11-4-1-7(6-18-11)20(22)23;12-9-3-2-8(5-10(9)13)18-11-4-1-7(6-14-11)15(16)17/h1-6H,(H,19,21);1-6H,13H2. The van der Waals surface area contributed by atoms with Crippen molar-refractivity contribution in [3.8, 4) is 23.3 Å². The van der Waals surface area contributed by atoms with Crippen molar-refractivity contribution in [1.82, 2.24) is 9.97 Å². The van der Waals surface area contributed by atoms with Crippen LogP contribution in [0.4, 0.5) is 35.9 Å². The van der Waals surface area contributed by atoms with E-state index in [1.54, 1.807) is 23.5 Å². The number of alkyl halides is 3. The van der Waals surface area contributed by atoms with E-state index in [2.05, 4.69) is 9.97 Å². The molecule has 0 aliphatic rings. The van der Waals surface area contributed by atoms with Crippen molar-refractivity contribution in [2.24, 2.45) is 0 Å². The number of ether oxygens (including phenoxy) is 2. The van der Waals surface area contributed by atoms with Crippen molar-refractivity contribution in [2.75, 3.05) is 11.1 Å². The number of rotatable bonds is 7. The van der Waals surface area contributed by atoms with Crippen molar-refractivity contribution < 1.29 is 37.3 Å². The van der Waals surface area contributed by atoms with Gasteiger partial charge in [-0.25, -0.2) is 9.97 Å². The Balaban J connectivity index is 0.000000240. The number of benzene rings is 2. The average Bonchev–Trinajstić information content (AvgIpc) is 2.93. The molecule has 18 heteroatoms. The van der Waals surface area contributed by atoms with Gasteiger partial charge in [0.05, 0.1) is 31.3 Å². The van der Waals surface area contributed by atoms with Crippen LogP contribution < -0.4 is 20.5 Å². The lowest BCUT2D eigenvalue weighted by Gasteiger charge is -2.11. The first-order chi connectivity index (χ1) is 19.7. The van der Waals surface area contributed by atoms with Crippen LogP contribution in [0.3, 0.4) is 0 Å². The summed E-state index contributed by atoms with van der Waals surface area (Å²) in [5, 5.41) is 22.9. The second-order valence-electron chi connectivity index (χ2n) is 7.70. The molecule has 0 aliphatic heterocycles. The molecule has 0 aliphatic carbocycles. The average molecular weight is 627 g/mol. The van der Waals surface area contributed by atoms with E-state index in [1.165, 1.54) is 30.3 Å². The maximum atomic E-state index is 12.3. The van der Waals surface area contributed by atoms with Crippen LogP contribution in [0, 0.1) is 20.2 Å². The number of anilines is 2. The number of amides is 1. The molecule has 0 spiro atoms. The molecule has 3 N–H and O–H groups in total. The zero-order valence-corrected chi connectivity index (χ0v) is 22.1. The number of halogens is 5. The van der Waals surface area contributed by atoms with E-state index in [0.717, 1.165) is 24.5 Å². The Labute approximate surface area is 242 Å². The van der Waals surface area contributed by atoms with E-state index in [1.807, 2.05) is 0 Å². The third kappa shape index (κ3) is 8.90. The number of carbonyl (C=O) groups excluding carboxylic acids is 1. The number of nitrogens with zero attached hydrogens (tertiary/aromatic N) is 4. The molecule has 13 nitrogen and oxygen atoms in total. The molecule has 2 heterocycles. The van der Waals surface area contributed by atoms with Crippen molar-refractivity contribution in [1.29, 1.82) is 0 Å². The first kappa shape index (κ1) is 31.3. The monoisotopic (exact) mass is 626 g/mol. The molecule has 0 atom stereocenters.